The zero-order valence-corrected chi connectivity index (χ0v) is 26.3. The normalized spacial score (nSPS) is 19.0. The number of esters is 1. The molecule has 1 saturated heterocycles. The van der Waals surface area contributed by atoms with Crippen molar-refractivity contribution in [3.63, 3.8) is 0 Å². The maximum Gasteiger partial charge on any atom is 0.343 e. The van der Waals surface area contributed by atoms with Gasteiger partial charge in [0, 0.05) is 11.5 Å². The average molecular weight is 597 g/mol. The molecule has 0 amide bonds. The van der Waals surface area contributed by atoms with Crippen LogP contribution in [0.15, 0.2) is 42.5 Å². The molecule has 0 N–H and O–H groups in total. The van der Waals surface area contributed by atoms with Crippen molar-refractivity contribution in [2.24, 2.45) is 11.8 Å². The Labute approximate surface area is 258 Å². The summed E-state index contributed by atoms with van der Waals surface area (Å²) in [4.78, 5) is 12.7. The van der Waals surface area contributed by atoms with E-state index in [-0.39, 0.29) is 11.3 Å². The van der Waals surface area contributed by atoms with Crippen LogP contribution in [0.1, 0.15) is 138 Å². The minimum absolute atomic E-state index is 0.145. The first-order valence-electron chi connectivity index (χ1n) is 17.1. The lowest BCUT2D eigenvalue weighted by Crippen LogP contribution is -2.27. The molecule has 0 spiro atoms. The first-order chi connectivity index (χ1) is 21.1. The maximum atomic E-state index is 14.6. The fraction of sp³-hybridized carbons (Fsp3) is 0.649. The van der Waals surface area contributed by atoms with Gasteiger partial charge >= 0.3 is 5.97 Å². The second-order valence-corrected chi connectivity index (χ2v) is 12.6. The molecule has 238 valence electrons. The van der Waals surface area contributed by atoms with E-state index in [9.17, 15) is 9.18 Å². The molecule has 1 heterocycles. The van der Waals surface area contributed by atoms with Crippen molar-refractivity contribution in [2.75, 3.05) is 19.8 Å². The Morgan fingerprint density at radius 2 is 1.42 bits per heavy atom. The van der Waals surface area contributed by atoms with E-state index in [4.69, 9.17) is 18.9 Å². The number of benzene rings is 2. The summed E-state index contributed by atoms with van der Waals surface area (Å²) in [7, 11) is 0. The lowest BCUT2D eigenvalue weighted by Gasteiger charge is -2.29. The van der Waals surface area contributed by atoms with Crippen molar-refractivity contribution in [2.45, 2.75) is 122 Å². The molecule has 6 heteroatoms. The van der Waals surface area contributed by atoms with Crippen LogP contribution >= 0.6 is 0 Å². The molecule has 0 unspecified atom stereocenters. The SMILES string of the molecule is CCCCCCCCCC1COC(c2ccc(OC(=O)c3ccc(OCCCCCCC4CCCC4)c(F)c3)cc2)OC1. The number of carbonyl (C=O) groups is 1. The van der Waals surface area contributed by atoms with Crippen LogP contribution in [0.25, 0.3) is 0 Å². The summed E-state index contributed by atoms with van der Waals surface area (Å²) in [6.45, 7) is 4.12. The number of carbonyl (C=O) groups excluding carboxylic acids is 1. The molecule has 1 aliphatic heterocycles. The van der Waals surface area contributed by atoms with Gasteiger partial charge in [-0.05, 0) is 49.1 Å². The van der Waals surface area contributed by atoms with Crippen molar-refractivity contribution in [3.05, 3.63) is 59.4 Å². The second kappa shape index (κ2) is 19.1. The average Bonchev–Trinajstić information content (AvgIpc) is 3.55. The third-order valence-corrected chi connectivity index (χ3v) is 8.95. The van der Waals surface area contributed by atoms with Gasteiger partial charge in [-0.25, -0.2) is 9.18 Å². The highest BCUT2D eigenvalue weighted by Gasteiger charge is 2.23. The van der Waals surface area contributed by atoms with Crippen LogP contribution in [0, 0.1) is 17.7 Å². The lowest BCUT2D eigenvalue weighted by atomic mass is 9.99. The molecule has 4 rings (SSSR count). The maximum absolute atomic E-state index is 14.6. The summed E-state index contributed by atoms with van der Waals surface area (Å²) < 4.78 is 37.7. The molecule has 1 aliphatic carbocycles. The third kappa shape index (κ3) is 11.9. The number of hydrogen-bond acceptors (Lipinski definition) is 5. The molecule has 0 radical (unpaired) electrons. The van der Waals surface area contributed by atoms with Crippen LogP contribution < -0.4 is 9.47 Å². The van der Waals surface area contributed by atoms with Gasteiger partial charge in [0.05, 0.1) is 25.4 Å². The topological polar surface area (TPSA) is 54.0 Å². The number of rotatable bonds is 19. The quantitative estimate of drug-likeness (QED) is 0.0917. The van der Waals surface area contributed by atoms with Gasteiger partial charge in [-0.15, -0.1) is 0 Å². The molecule has 5 nitrogen and oxygen atoms in total. The summed E-state index contributed by atoms with van der Waals surface area (Å²) in [5.74, 6) is 0.777. The van der Waals surface area contributed by atoms with Gasteiger partial charge in [-0.2, -0.15) is 0 Å². The van der Waals surface area contributed by atoms with Crippen molar-refractivity contribution < 1.29 is 28.1 Å². The number of hydrogen-bond donors (Lipinski definition) is 0. The standard InChI is InChI=1S/C37H53FO5/c1-2-3-4-5-6-7-11-18-30-27-41-37(42-28-30)31-19-22-33(23-20-31)43-36(39)32-21-24-35(34(38)26-32)40-25-14-9-8-10-15-29-16-12-13-17-29/h19-24,26,29-30,37H,2-18,25,27-28H2,1H3. The predicted molar refractivity (Wildman–Crippen MR) is 169 cm³/mol. The Balaban J connectivity index is 1.11. The number of ether oxygens (including phenoxy) is 4. The van der Waals surface area contributed by atoms with Crippen LogP contribution in [0.3, 0.4) is 0 Å². The molecule has 43 heavy (non-hydrogen) atoms. The number of unbranched alkanes of at least 4 members (excludes halogenated alkanes) is 9. The van der Waals surface area contributed by atoms with E-state index in [1.807, 2.05) is 12.1 Å². The van der Waals surface area contributed by atoms with Gasteiger partial charge in [0.25, 0.3) is 0 Å². The molecule has 2 fully saturated rings. The Morgan fingerprint density at radius 3 is 2.09 bits per heavy atom. The van der Waals surface area contributed by atoms with Crippen molar-refractivity contribution in [1.29, 1.82) is 0 Å². The molecule has 0 bridgehead atoms. The first kappa shape index (κ1) is 33.5. The van der Waals surface area contributed by atoms with E-state index < -0.39 is 18.1 Å². The Hall–Kier alpha value is -2.44. The first-order valence-corrected chi connectivity index (χ1v) is 17.1. The van der Waals surface area contributed by atoms with E-state index >= 15 is 0 Å². The Morgan fingerprint density at radius 1 is 0.791 bits per heavy atom. The highest BCUT2D eigenvalue weighted by atomic mass is 19.1. The Kier molecular flexibility index (Phi) is 14.8. The predicted octanol–water partition coefficient (Wildman–Crippen LogP) is 10.4. The molecule has 2 aliphatic rings. The van der Waals surface area contributed by atoms with Crippen LogP contribution in [0.4, 0.5) is 4.39 Å². The van der Waals surface area contributed by atoms with Crippen LogP contribution in [-0.2, 0) is 9.47 Å². The van der Waals surface area contributed by atoms with E-state index in [0.717, 1.165) is 30.7 Å². The van der Waals surface area contributed by atoms with E-state index in [2.05, 4.69) is 6.92 Å². The molecule has 2 aromatic rings. The molecule has 0 atom stereocenters. The van der Waals surface area contributed by atoms with Gasteiger partial charge in [0.15, 0.2) is 17.9 Å². The summed E-state index contributed by atoms with van der Waals surface area (Å²) >= 11 is 0. The fourth-order valence-electron chi connectivity index (χ4n) is 6.27. The van der Waals surface area contributed by atoms with Gasteiger partial charge < -0.3 is 18.9 Å². The van der Waals surface area contributed by atoms with Gasteiger partial charge in [-0.1, -0.05) is 115 Å². The molecular formula is C37H53FO5. The van der Waals surface area contributed by atoms with Crippen LogP contribution in [0.5, 0.6) is 11.5 Å². The van der Waals surface area contributed by atoms with Crippen molar-refractivity contribution in [3.8, 4) is 11.5 Å². The monoisotopic (exact) mass is 596 g/mol. The minimum atomic E-state index is -0.612. The second-order valence-electron chi connectivity index (χ2n) is 12.6. The largest absolute Gasteiger partial charge is 0.491 e. The molecular weight excluding hydrogens is 543 g/mol. The van der Waals surface area contributed by atoms with Crippen molar-refractivity contribution >= 4 is 5.97 Å². The smallest absolute Gasteiger partial charge is 0.343 e. The highest BCUT2D eigenvalue weighted by molar-refractivity contribution is 5.91. The molecule has 2 aromatic carbocycles. The fourth-order valence-corrected chi connectivity index (χ4v) is 6.27. The van der Waals surface area contributed by atoms with Crippen LogP contribution in [-0.4, -0.2) is 25.8 Å². The van der Waals surface area contributed by atoms with E-state index in [1.165, 1.54) is 102 Å². The summed E-state index contributed by atoms with van der Waals surface area (Å²) in [5, 5.41) is 0. The molecule has 0 aromatic heterocycles. The van der Waals surface area contributed by atoms with Gasteiger partial charge in [-0.3, -0.25) is 0 Å². The minimum Gasteiger partial charge on any atom is -0.491 e. The van der Waals surface area contributed by atoms with Gasteiger partial charge in [0.1, 0.15) is 5.75 Å². The third-order valence-electron chi connectivity index (χ3n) is 8.95. The summed E-state index contributed by atoms with van der Waals surface area (Å²) in [5.41, 5.74) is 1.03. The lowest BCUT2D eigenvalue weighted by molar-refractivity contribution is -0.206. The highest BCUT2D eigenvalue weighted by Crippen LogP contribution is 2.30. The zero-order valence-electron chi connectivity index (χ0n) is 26.3. The van der Waals surface area contributed by atoms with Crippen LogP contribution in [0.2, 0.25) is 0 Å². The van der Waals surface area contributed by atoms with E-state index in [1.54, 1.807) is 18.2 Å². The van der Waals surface area contributed by atoms with Gasteiger partial charge in [0.2, 0.25) is 0 Å². The summed E-state index contributed by atoms with van der Waals surface area (Å²) in [6, 6.07) is 11.3. The van der Waals surface area contributed by atoms with E-state index in [0.29, 0.717) is 31.5 Å². The molecule has 1 saturated carbocycles. The Bertz CT molecular complexity index is 1060. The summed E-state index contributed by atoms with van der Waals surface area (Å²) in [6.07, 6.45) is 21.3. The number of halogens is 1. The zero-order chi connectivity index (χ0) is 30.1. The van der Waals surface area contributed by atoms with Crippen molar-refractivity contribution in [1.82, 2.24) is 0 Å².